The van der Waals surface area contributed by atoms with Crippen molar-refractivity contribution in [3.63, 3.8) is 0 Å². The fraction of sp³-hybridized carbons (Fsp3) is 0.0400. The summed E-state index contributed by atoms with van der Waals surface area (Å²) in [5.74, 6) is 3.68. The van der Waals surface area contributed by atoms with Crippen molar-refractivity contribution >= 4 is 69.6 Å². The van der Waals surface area contributed by atoms with E-state index in [4.69, 9.17) is 41.3 Å². The van der Waals surface area contributed by atoms with E-state index < -0.39 is 17.9 Å². The van der Waals surface area contributed by atoms with Crippen LogP contribution in [0, 0.1) is 0 Å². The summed E-state index contributed by atoms with van der Waals surface area (Å²) in [6, 6.07) is 18.7. The Balaban J connectivity index is 1.61. The molecule has 0 spiro atoms. The molecule has 2 heterocycles. The lowest BCUT2D eigenvalue weighted by Crippen LogP contribution is -2.52. The van der Waals surface area contributed by atoms with Gasteiger partial charge >= 0.3 is 12.0 Å². The number of benzene rings is 3. The molecule has 0 aliphatic carbocycles. The third-order valence-electron chi connectivity index (χ3n) is 5.91. The number of amidine groups is 1. The fourth-order valence-electron chi connectivity index (χ4n) is 4.24. The number of rotatable bonds is 4. The summed E-state index contributed by atoms with van der Waals surface area (Å²) in [5, 5.41) is 20.9. The summed E-state index contributed by atoms with van der Waals surface area (Å²) in [5.41, 5.74) is 9.09. The summed E-state index contributed by atoms with van der Waals surface area (Å²) in [6.07, 6.45) is 1.81. The molecule has 0 saturated carbocycles. The molecule has 10 nitrogen and oxygen atoms in total. The summed E-state index contributed by atoms with van der Waals surface area (Å²) in [7, 11) is 0. The second-order valence-corrected chi connectivity index (χ2v) is 9.54. The van der Waals surface area contributed by atoms with Crippen molar-refractivity contribution in [2.45, 2.75) is 5.92 Å². The van der Waals surface area contributed by atoms with Gasteiger partial charge in [-0.15, -0.1) is 15.8 Å². The first kappa shape index (κ1) is 25.6. The van der Waals surface area contributed by atoms with E-state index in [0.29, 0.717) is 32.7 Å². The number of anilines is 1. The highest BCUT2D eigenvalue weighted by Gasteiger charge is 2.33. The Bertz CT molecular complexity index is 1530. The normalized spacial score (nSPS) is 14.6. The van der Waals surface area contributed by atoms with Crippen molar-refractivity contribution in [2.75, 3.05) is 5.01 Å². The molecule has 38 heavy (non-hydrogen) atoms. The van der Waals surface area contributed by atoms with Crippen LogP contribution in [0.15, 0.2) is 77.9 Å². The number of aliphatic carboxylic acids is 1. The van der Waals surface area contributed by atoms with E-state index >= 15 is 0 Å². The molecule has 0 bridgehead atoms. The van der Waals surface area contributed by atoms with Gasteiger partial charge in [0, 0.05) is 15.6 Å². The number of fused-ring (bicyclic) bond motifs is 3. The Morgan fingerprint density at radius 2 is 1.76 bits per heavy atom. The van der Waals surface area contributed by atoms with E-state index in [1.165, 1.54) is 5.12 Å². The molecule has 0 saturated heterocycles. The first-order valence-electron chi connectivity index (χ1n) is 11.1. The number of carboxylic acids is 1. The first-order valence-corrected chi connectivity index (χ1v) is 12.3. The third-order valence-corrected chi connectivity index (χ3v) is 6.68. The van der Waals surface area contributed by atoms with Gasteiger partial charge in [-0.3, -0.25) is 15.5 Å². The predicted molar refractivity (Wildman–Crippen MR) is 149 cm³/mol. The maximum absolute atomic E-state index is 12.4. The molecular formula is C25H19Cl2N7O3S. The Morgan fingerprint density at radius 3 is 2.45 bits per heavy atom. The summed E-state index contributed by atoms with van der Waals surface area (Å²) < 4.78 is 0. The average molecular weight is 568 g/mol. The summed E-state index contributed by atoms with van der Waals surface area (Å²) in [4.78, 5) is 24.0. The van der Waals surface area contributed by atoms with Crippen molar-refractivity contribution in [2.24, 2.45) is 10.9 Å². The Hall–Kier alpha value is -4.00. The minimum absolute atomic E-state index is 0.0422. The maximum Gasteiger partial charge on any atom is 0.335 e. The number of carboxylic acid groups (broad SMARTS) is 1. The lowest BCUT2D eigenvalue weighted by Gasteiger charge is -2.29. The van der Waals surface area contributed by atoms with Gasteiger partial charge in [-0.1, -0.05) is 53.5 Å². The van der Waals surface area contributed by atoms with Crippen LogP contribution in [0.3, 0.4) is 0 Å². The number of hydrazone groups is 1. The maximum atomic E-state index is 12.4. The summed E-state index contributed by atoms with van der Waals surface area (Å²) >= 11 is 17.6. The highest BCUT2D eigenvalue weighted by atomic mass is 35.5. The molecule has 0 aromatic heterocycles. The zero-order chi connectivity index (χ0) is 27.0. The number of nitrogens with two attached hydrogens (primary N) is 1. The number of hydrogen-bond donors (Lipinski definition) is 5. The standard InChI is InChI=1S/C25H19Cl2N7O3S/c26-16-7-4-13(5-8-16)22(23(35)36)15-6-9-20-19(11-15)18(14-2-1-3-17(27)10-14)12-21-31-34(32-33(20)21)25(38)29-24(37)30-28/h1-12,22,32H,28H2,(H,35,36)(H2,29,30,37,38). The molecule has 192 valence electrons. The molecule has 1 atom stereocenters. The topological polar surface area (TPSA) is 135 Å². The first-order chi connectivity index (χ1) is 18.2. The molecule has 3 aromatic carbocycles. The van der Waals surface area contributed by atoms with Gasteiger partial charge in [0.15, 0.2) is 5.84 Å². The van der Waals surface area contributed by atoms with Crippen LogP contribution in [0.1, 0.15) is 28.2 Å². The Labute approximate surface area is 232 Å². The van der Waals surface area contributed by atoms with E-state index in [9.17, 15) is 14.7 Å². The molecule has 3 aromatic rings. The molecule has 0 fully saturated rings. The van der Waals surface area contributed by atoms with Gasteiger partial charge in [-0.05, 0) is 77.0 Å². The number of nitrogens with one attached hydrogen (secondary N) is 3. The molecule has 2 aliphatic rings. The van der Waals surface area contributed by atoms with Crippen LogP contribution in [0.2, 0.25) is 10.0 Å². The lowest BCUT2D eigenvalue weighted by molar-refractivity contribution is -0.137. The van der Waals surface area contributed by atoms with Crippen LogP contribution >= 0.6 is 35.4 Å². The molecule has 0 radical (unpaired) electrons. The van der Waals surface area contributed by atoms with Crippen molar-refractivity contribution in [3.05, 3.63) is 105 Å². The van der Waals surface area contributed by atoms with Gasteiger partial charge in [-0.2, -0.15) is 0 Å². The zero-order valence-corrected chi connectivity index (χ0v) is 21.7. The van der Waals surface area contributed by atoms with Crippen molar-refractivity contribution in [1.82, 2.24) is 21.4 Å². The Kier molecular flexibility index (Phi) is 7.02. The van der Waals surface area contributed by atoms with Gasteiger partial charge < -0.3 is 5.11 Å². The number of hydrazine groups is 3. The van der Waals surface area contributed by atoms with Crippen LogP contribution < -0.4 is 27.1 Å². The van der Waals surface area contributed by atoms with Crippen LogP contribution in [0.5, 0.6) is 0 Å². The number of hydrogen-bond acceptors (Lipinski definition) is 7. The van der Waals surface area contributed by atoms with Gasteiger partial charge in [0.25, 0.3) is 0 Å². The fourth-order valence-corrected chi connectivity index (χ4v) is 4.73. The smallest absolute Gasteiger partial charge is 0.335 e. The number of nitrogens with zero attached hydrogens (tertiary/aromatic N) is 3. The van der Waals surface area contributed by atoms with Crippen LogP contribution in [-0.4, -0.2) is 33.2 Å². The number of thiocarbonyl (C=S) groups is 1. The van der Waals surface area contributed by atoms with Gasteiger partial charge in [0.1, 0.15) is 5.92 Å². The molecular weight excluding hydrogens is 549 g/mol. The zero-order valence-electron chi connectivity index (χ0n) is 19.4. The van der Waals surface area contributed by atoms with Crippen molar-refractivity contribution in [1.29, 1.82) is 0 Å². The number of carbonyl (C=O) groups is 2. The number of carbonyl (C=O) groups excluding carboxylic acids is 1. The SMILES string of the molecule is NNC(=O)NC(=S)N1N=C2C=C(c3cccc(Cl)c3)c3cc(C(C(=O)O)c4ccc(Cl)cc4)ccc3N2N1. The van der Waals surface area contributed by atoms with Crippen LogP contribution in [0.4, 0.5) is 10.5 Å². The predicted octanol–water partition coefficient (Wildman–Crippen LogP) is 3.97. The Morgan fingerprint density at radius 1 is 1.03 bits per heavy atom. The van der Waals surface area contributed by atoms with E-state index in [1.54, 1.807) is 47.5 Å². The van der Waals surface area contributed by atoms with E-state index in [0.717, 1.165) is 16.7 Å². The minimum Gasteiger partial charge on any atom is -0.481 e. The highest BCUT2D eigenvalue weighted by molar-refractivity contribution is 7.80. The second-order valence-electron chi connectivity index (χ2n) is 8.28. The van der Waals surface area contributed by atoms with Crippen molar-refractivity contribution in [3.8, 4) is 0 Å². The van der Waals surface area contributed by atoms with E-state index in [1.807, 2.05) is 35.8 Å². The monoisotopic (exact) mass is 567 g/mol. The average Bonchev–Trinajstić information content (AvgIpc) is 3.34. The van der Waals surface area contributed by atoms with Crippen LogP contribution in [-0.2, 0) is 4.79 Å². The molecule has 5 rings (SSSR count). The second kappa shape index (κ2) is 10.4. The highest BCUT2D eigenvalue weighted by Crippen LogP contribution is 2.40. The molecule has 2 aliphatic heterocycles. The summed E-state index contributed by atoms with van der Waals surface area (Å²) in [6.45, 7) is 0. The lowest BCUT2D eigenvalue weighted by atomic mass is 9.86. The minimum atomic E-state index is -1.00. The molecule has 13 heteroatoms. The number of amides is 2. The quantitative estimate of drug-likeness (QED) is 0.138. The number of halogens is 2. The van der Waals surface area contributed by atoms with E-state index in [2.05, 4.69) is 16.0 Å². The van der Waals surface area contributed by atoms with Gasteiger partial charge in [0.05, 0.1) is 5.69 Å². The molecule has 1 unspecified atom stereocenters. The van der Waals surface area contributed by atoms with Crippen molar-refractivity contribution < 1.29 is 14.7 Å². The number of urea groups is 1. The van der Waals surface area contributed by atoms with E-state index in [-0.39, 0.29) is 5.11 Å². The third kappa shape index (κ3) is 4.93. The van der Waals surface area contributed by atoms with Gasteiger partial charge in [-0.25, -0.2) is 15.6 Å². The molecule has 6 N–H and O–H groups in total. The van der Waals surface area contributed by atoms with Crippen LogP contribution in [0.25, 0.3) is 5.57 Å². The largest absolute Gasteiger partial charge is 0.481 e. The van der Waals surface area contributed by atoms with Gasteiger partial charge in [0.2, 0.25) is 5.11 Å². The molecule has 2 amide bonds.